The first-order valence-electron chi connectivity index (χ1n) is 8.21. The zero-order chi connectivity index (χ0) is 15.3. The number of Topliss-reactive ketones (excluding diaryl/α,β-unsaturated/α-hetero) is 1. The second kappa shape index (κ2) is 5.54. The van der Waals surface area contributed by atoms with Crippen molar-refractivity contribution in [1.82, 2.24) is 0 Å². The fraction of sp³-hybridized carbons (Fsp3) is 0.611. The monoisotopic (exact) mass is 336 g/mol. The Labute approximate surface area is 139 Å². The van der Waals surface area contributed by atoms with Crippen LogP contribution in [0.5, 0.6) is 0 Å². The van der Waals surface area contributed by atoms with Gasteiger partial charge >= 0.3 is 0 Å². The van der Waals surface area contributed by atoms with E-state index in [1.165, 1.54) is 19.3 Å². The first-order chi connectivity index (χ1) is 10.5. The van der Waals surface area contributed by atoms with Crippen LogP contribution in [0.4, 0.5) is 0 Å². The van der Waals surface area contributed by atoms with E-state index in [2.05, 4.69) is 0 Å². The van der Waals surface area contributed by atoms with Crippen LogP contribution in [0.3, 0.4) is 0 Å². The highest BCUT2D eigenvalue weighted by Crippen LogP contribution is 2.60. The van der Waals surface area contributed by atoms with Gasteiger partial charge in [0.05, 0.1) is 0 Å². The van der Waals surface area contributed by atoms with Crippen molar-refractivity contribution in [1.29, 1.82) is 0 Å². The van der Waals surface area contributed by atoms with Crippen molar-refractivity contribution >= 4 is 28.6 Å². The van der Waals surface area contributed by atoms with Crippen molar-refractivity contribution in [2.45, 2.75) is 43.4 Å². The molecule has 0 heterocycles. The molecule has 1 aromatic carbocycles. The molecule has 22 heavy (non-hydrogen) atoms. The number of hydrogen-bond acceptors (Lipinski definition) is 2. The van der Waals surface area contributed by atoms with E-state index in [1.54, 1.807) is 24.3 Å². The van der Waals surface area contributed by atoms with Gasteiger partial charge < -0.3 is 4.55 Å². The summed E-state index contributed by atoms with van der Waals surface area (Å²) in [6.45, 7) is 0. The van der Waals surface area contributed by atoms with Gasteiger partial charge in [0.25, 0.3) is 0 Å². The Morgan fingerprint density at radius 2 is 1.59 bits per heavy atom. The molecule has 1 aromatic rings. The summed E-state index contributed by atoms with van der Waals surface area (Å²) in [4.78, 5) is 13.6. The largest absolute Gasteiger partial charge is 0.611 e. The van der Waals surface area contributed by atoms with Crippen molar-refractivity contribution < 1.29 is 9.35 Å². The summed E-state index contributed by atoms with van der Waals surface area (Å²) in [5.74, 6) is 2.67. The molecule has 0 amide bonds. The lowest BCUT2D eigenvalue weighted by Gasteiger charge is -2.55. The van der Waals surface area contributed by atoms with E-state index >= 15 is 0 Å². The van der Waals surface area contributed by atoms with Gasteiger partial charge in [-0.1, -0.05) is 11.6 Å². The SMILES string of the molecule is O=C(C[S+]([O-])c1ccc(Cl)cc1)C12CC3CC(CC(C3)C1)C2. The summed E-state index contributed by atoms with van der Waals surface area (Å²) in [5.41, 5.74) is -0.142. The maximum absolute atomic E-state index is 12.9. The Hall–Kier alpha value is -0.510. The highest BCUT2D eigenvalue weighted by Gasteiger charge is 2.55. The van der Waals surface area contributed by atoms with Crippen molar-refractivity contribution in [3.8, 4) is 0 Å². The fourth-order valence-electron chi connectivity index (χ4n) is 5.39. The number of halogens is 1. The van der Waals surface area contributed by atoms with Gasteiger partial charge in [0.1, 0.15) is 0 Å². The number of carbonyl (C=O) groups excluding carboxylic acids is 1. The molecule has 0 aliphatic heterocycles. The van der Waals surface area contributed by atoms with Gasteiger partial charge in [-0.3, -0.25) is 4.79 Å². The quantitative estimate of drug-likeness (QED) is 0.772. The molecule has 4 heteroatoms. The Morgan fingerprint density at radius 3 is 2.09 bits per heavy atom. The smallest absolute Gasteiger partial charge is 0.188 e. The van der Waals surface area contributed by atoms with E-state index in [1.807, 2.05) is 0 Å². The lowest BCUT2D eigenvalue weighted by Crippen LogP contribution is -2.51. The van der Waals surface area contributed by atoms with E-state index in [9.17, 15) is 9.35 Å². The number of hydrogen-bond donors (Lipinski definition) is 0. The van der Waals surface area contributed by atoms with Gasteiger partial charge in [-0.2, -0.15) is 0 Å². The molecule has 0 N–H and O–H groups in total. The Balaban J connectivity index is 1.49. The predicted molar refractivity (Wildman–Crippen MR) is 88.3 cm³/mol. The van der Waals surface area contributed by atoms with Gasteiger partial charge in [-0.05, 0) is 91.7 Å². The summed E-state index contributed by atoms with van der Waals surface area (Å²) in [5, 5.41) is 0.633. The van der Waals surface area contributed by atoms with Crippen LogP contribution in [0.15, 0.2) is 29.2 Å². The minimum atomic E-state index is -1.24. The molecule has 0 radical (unpaired) electrons. The molecule has 4 aliphatic carbocycles. The summed E-state index contributed by atoms with van der Waals surface area (Å²) in [6, 6.07) is 7.02. The third kappa shape index (κ3) is 2.61. The van der Waals surface area contributed by atoms with Crippen molar-refractivity contribution in [3.63, 3.8) is 0 Å². The Morgan fingerprint density at radius 1 is 1.09 bits per heavy atom. The van der Waals surface area contributed by atoms with Crippen molar-refractivity contribution in [3.05, 3.63) is 29.3 Å². The van der Waals surface area contributed by atoms with E-state index < -0.39 is 11.2 Å². The fourth-order valence-corrected chi connectivity index (χ4v) is 6.67. The number of ketones is 1. The topological polar surface area (TPSA) is 40.1 Å². The van der Waals surface area contributed by atoms with Crippen LogP contribution in [0.25, 0.3) is 0 Å². The lowest BCUT2D eigenvalue weighted by molar-refractivity contribution is -0.141. The minimum absolute atomic E-state index is 0.142. The summed E-state index contributed by atoms with van der Waals surface area (Å²) in [7, 11) is 0. The molecule has 1 atom stereocenters. The van der Waals surface area contributed by atoms with Gasteiger partial charge in [0.2, 0.25) is 0 Å². The zero-order valence-corrected chi connectivity index (χ0v) is 14.2. The molecule has 2 nitrogen and oxygen atoms in total. The van der Waals surface area contributed by atoms with Crippen LogP contribution in [0, 0.1) is 23.2 Å². The highest BCUT2D eigenvalue weighted by atomic mass is 35.5. The third-order valence-electron chi connectivity index (χ3n) is 5.97. The highest BCUT2D eigenvalue weighted by molar-refractivity contribution is 7.92. The van der Waals surface area contributed by atoms with Gasteiger partial charge in [-0.25, -0.2) is 0 Å². The first kappa shape index (κ1) is 15.0. The van der Waals surface area contributed by atoms with Crippen LogP contribution in [-0.4, -0.2) is 16.1 Å². The molecule has 4 saturated carbocycles. The molecule has 4 aliphatic rings. The molecule has 1 unspecified atom stereocenters. The van der Waals surface area contributed by atoms with E-state index in [4.69, 9.17) is 11.6 Å². The summed E-state index contributed by atoms with van der Waals surface area (Å²) < 4.78 is 12.5. The second-order valence-electron chi connectivity index (χ2n) is 7.56. The average Bonchev–Trinajstić information content (AvgIpc) is 2.46. The number of carbonyl (C=O) groups is 1. The molecule has 118 valence electrons. The molecular formula is C18H21ClO2S. The molecule has 0 spiro atoms. The van der Waals surface area contributed by atoms with Crippen LogP contribution in [-0.2, 0) is 16.0 Å². The summed E-state index contributed by atoms with van der Waals surface area (Å²) >= 11 is 4.62. The van der Waals surface area contributed by atoms with Crippen molar-refractivity contribution in [2.24, 2.45) is 23.2 Å². The normalized spacial score (nSPS) is 37.3. The van der Waals surface area contributed by atoms with E-state index in [-0.39, 0.29) is 17.0 Å². The van der Waals surface area contributed by atoms with Crippen molar-refractivity contribution in [2.75, 3.05) is 5.75 Å². The first-order valence-corrected chi connectivity index (χ1v) is 9.91. The maximum Gasteiger partial charge on any atom is 0.188 e. The van der Waals surface area contributed by atoms with Gasteiger partial charge in [0, 0.05) is 10.4 Å². The standard InChI is InChI=1S/C18H21ClO2S/c19-15-1-3-16(4-2-15)22(21)11-17(20)18-8-12-5-13(9-18)7-14(6-12)10-18/h1-4,12-14H,5-11H2. The van der Waals surface area contributed by atoms with Gasteiger partial charge in [0.15, 0.2) is 16.4 Å². The molecular weight excluding hydrogens is 316 g/mol. The van der Waals surface area contributed by atoms with Gasteiger partial charge in [-0.15, -0.1) is 0 Å². The van der Waals surface area contributed by atoms with Crippen LogP contribution in [0.2, 0.25) is 5.02 Å². The van der Waals surface area contributed by atoms with Crippen LogP contribution in [0.1, 0.15) is 38.5 Å². The number of benzene rings is 1. The average molecular weight is 337 g/mol. The maximum atomic E-state index is 12.9. The summed E-state index contributed by atoms with van der Waals surface area (Å²) in [6.07, 6.45) is 7.13. The van der Waals surface area contributed by atoms with E-state index in [0.29, 0.717) is 9.92 Å². The Bertz CT molecular complexity index is 548. The third-order valence-corrected chi connectivity index (χ3v) is 7.54. The zero-order valence-electron chi connectivity index (χ0n) is 12.6. The lowest BCUT2D eigenvalue weighted by atomic mass is 9.48. The molecule has 0 saturated heterocycles. The van der Waals surface area contributed by atoms with E-state index in [0.717, 1.165) is 37.0 Å². The Kier molecular flexibility index (Phi) is 3.79. The predicted octanol–water partition coefficient (Wildman–Crippen LogP) is 4.23. The number of rotatable bonds is 4. The molecule has 4 fully saturated rings. The second-order valence-corrected chi connectivity index (χ2v) is 9.45. The van der Waals surface area contributed by atoms with Crippen LogP contribution < -0.4 is 0 Å². The van der Waals surface area contributed by atoms with Crippen LogP contribution >= 0.6 is 11.6 Å². The molecule has 0 aromatic heterocycles. The minimum Gasteiger partial charge on any atom is -0.611 e. The molecule has 5 rings (SSSR count). The molecule has 4 bridgehead atoms.